The lowest BCUT2D eigenvalue weighted by Crippen LogP contribution is -2.55. The maximum atomic E-state index is 13.8. The number of nitrogens with one attached hydrogen (secondary N) is 1. The van der Waals surface area contributed by atoms with E-state index in [4.69, 9.17) is 0 Å². The molecule has 192 valence electrons. The Hall–Kier alpha value is -2.87. The third-order valence-corrected chi connectivity index (χ3v) is 6.80. The molecule has 0 heterocycles. The van der Waals surface area contributed by atoms with Crippen LogP contribution in [0.5, 0.6) is 0 Å². The topological polar surface area (TPSA) is 86.8 Å². The number of hydrogen-bond donors (Lipinski definition) is 1. The van der Waals surface area contributed by atoms with Crippen molar-refractivity contribution in [2.45, 2.75) is 72.5 Å². The van der Waals surface area contributed by atoms with Gasteiger partial charge in [0, 0.05) is 12.1 Å². The van der Waals surface area contributed by atoms with E-state index in [-0.39, 0.29) is 19.0 Å². The van der Waals surface area contributed by atoms with Crippen LogP contribution in [0, 0.1) is 6.92 Å². The molecular formula is C27H39N3O4S. The Balaban J connectivity index is 2.48. The molecule has 2 aromatic carbocycles. The van der Waals surface area contributed by atoms with Gasteiger partial charge in [-0.05, 0) is 57.7 Å². The highest BCUT2D eigenvalue weighted by Gasteiger charge is 2.33. The number of carbonyl (C=O) groups is 2. The zero-order valence-corrected chi connectivity index (χ0v) is 22.8. The van der Waals surface area contributed by atoms with Crippen LogP contribution in [0.1, 0.15) is 57.7 Å². The molecule has 8 heteroatoms. The quantitative estimate of drug-likeness (QED) is 0.532. The van der Waals surface area contributed by atoms with Gasteiger partial charge in [0.05, 0.1) is 11.9 Å². The molecule has 35 heavy (non-hydrogen) atoms. The minimum Gasteiger partial charge on any atom is -0.350 e. The Bertz CT molecular complexity index is 1120. The van der Waals surface area contributed by atoms with Crippen LogP contribution in [0.15, 0.2) is 48.5 Å². The Morgan fingerprint density at radius 3 is 2.11 bits per heavy atom. The van der Waals surface area contributed by atoms with Crippen molar-refractivity contribution >= 4 is 27.5 Å². The Kier molecular flexibility index (Phi) is 9.49. The summed E-state index contributed by atoms with van der Waals surface area (Å²) in [6, 6.07) is 14.2. The van der Waals surface area contributed by atoms with Crippen molar-refractivity contribution in [1.29, 1.82) is 0 Å². The first kappa shape index (κ1) is 28.4. The Morgan fingerprint density at radius 2 is 1.60 bits per heavy atom. The summed E-state index contributed by atoms with van der Waals surface area (Å²) in [4.78, 5) is 28.4. The molecule has 0 bridgehead atoms. The number of aryl methyl sites for hydroxylation is 2. The van der Waals surface area contributed by atoms with Crippen LogP contribution in [-0.2, 0) is 32.6 Å². The van der Waals surface area contributed by atoms with Crippen LogP contribution in [0.4, 0.5) is 5.69 Å². The number of sulfonamides is 1. The summed E-state index contributed by atoms with van der Waals surface area (Å²) in [6.07, 6.45) is 2.11. The lowest BCUT2D eigenvalue weighted by Gasteiger charge is -2.34. The Labute approximate surface area is 210 Å². The second kappa shape index (κ2) is 11.7. The number of amides is 2. The van der Waals surface area contributed by atoms with Crippen LogP contribution >= 0.6 is 0 Å². The smallest absolute Gasteiger partial charge is 0.244 e. The summed E-state index contributed by atoms with van der Waals surface area (Å²) in [7, 11) is -3.75. The number of rotatable bonds is 10. The van der Waals surface area contributed by atoms with Crippen molar-refractivity contribution in [3.63, 3.8) is 0 Å². The highest BCUT2D eigenvalue weighted by Crippen LogP contribution is 2.24. The number of hydrogen-bond acceptors (Lipinski definition) is 4. The molecule has 1 N–H and O–H groups in total. The summed E-state index contributed by atoms with van der Waals surface area (Å²) in [5.74, 6) is -0.696. The number of benzene rings is 2. The maximum absolute atomic E-state index is 13.8. The molecule has 1 atom stereocenters. The van der Waals surface area contributed by atoms with E-state index in [0.717, 1.165) is 27.3 Å². The lowest BCUT2D eigenvalue weighted by molar-refractivity contribution is -0.141. The molecule has 0 aliphatic carbocycles. The second-order valence-electron chi connectivity index (χ2n) is 9.92. The van der Waals surface area contributed by atoms with Gasteiger partial charge in [-0.2, -0.15) is 0 Å². The third kappa shape index (κ3) is 8.09. The zero-order chi connectivity index (χ0) is 26.4. The molecule has 2 amide bonds. The average molecular weight is 502 g/mol. The molecular weight excluding hydrogens is 462 g/mol. The minimum atomic E-state index is -3.75. The predicted molar refractivity (Wildman–Crippen MR) is 142 cm³/mol. The van der Waals surface area contributed by atoms with Gasteiger partial charge < -0.3 is 10.2 Å². The van der Waals surface area contributed by atoms with E-state index in [9.17, 15) is 18.0 Å². The molecule has 0 aliphatic rings. The predicted octanol–water partition coefficient (Wildman–Crippen LogP) is 4.05. The molecule has 0 radical (unpaired) electrons. The monoisotopic (exact) mass is 501 g/mol. The van der Waals surface area contributed by atoms with E-state index in [1.54, 1.807) is 12.1 Å². The molecule has 0 spiro atoms. The third-order valence-electron chi connectivity index (χ3n) is 5.68. The first-order chi connectivity index (χ1) is 16.3. The van der Waals surface area contributed by atoms with Gasteiger partial charge in [-0.25, -0.2) is 8.42 Å². The summed E-state index contributed by atoms with van der Waals surface area (Å²) in [5, 5.41) is 2.97. The number of nitrogens with zero attached hydrogens (tertiary/aromatic N) is 2. The van der Waals surface area contributed by atoms with Crippen molar-refractivity contribution in [3.05, 3.63) is 65.2 Å². The molecule has 0 aliphatic heterocycles. The molecule has 0 saturated heterocycles. The first-order valence-electron chi connectivity index (χ1n) is 12.0. The van der Waals surface area contributed by atoms with Gasteiger partial charge in [0.15, 0.2) is 0 Å². The van der Waals surface area contributed by atoms with Crippen LogP contribution < -0.4 is 9.62 Å². The van der Waals surface area contributed by atoms with Crippen molar-refractivity contribution in [2.24, 2.45) is 0 Å². The molecule has 0 aromatic heterocycles. The lowest BCUT2D eigenvalue weighted by atomic mass is 10.1. The minimum absolute atomic E-state index is 0.197. The average Bonchev–Trinajstić information content (AvgIpc) is 2.76. The number of para-hydroxylation sites is 1. The molecule has 0 fully saturated rings. The normalized spacial score (nSPS) is 12.7. The van der Waals surface area contributed by atoms with Gasteiger partial charge in [0.1, 0.15) is 12.6 Å². The second-order valence-corrected chi connectivity index (χ2v) is 11.8. The van der Waals surface area contributed by atoms with E-state index in [1.807, 2.05) is 77.9 Å². The number of carbonyl (C=O) groups excluding carboxylic acids is 2. The SMILES string of the molecule is CCc1ccccc1N(CC(=O)N(Cc1ccc(C)cc1)[C@@H](CC)C(=O)NC(C)(C)C)S(C)(=O)=O. The van der Waals surface area contributed by atoms with Crippen LogP contribution in [0.3, 0.4) is 0 Å². The van der Waals surface area contributed by atoms with Crippen molar-refractivity contribution in [1.82, 2.24) is 10.2 Å². The molecule has 0 unspecified atom stereocenters. The van der Waals surface area contributed by atoms with Gasteiger partial charge in [0.2, 0.25) is 21.8 Å². The summed E-state index contributed by atoms with van der Waals surface area (Å²) >= 11 is 0. The van der Waals surface area contributed by atoms with Gasteiger partial charge in [0.25, 0.3) is 0 Å². The van der Waals surface area contributed by atoms with Crippen LogP contribution in [-0.4, -0.2) is 49.5 Å². The van der Waals surface area contributed by atoms with Gasteiger partial charge in [-0.1, -0.05) is 61.9 Å². The summed E-state index contributed by atoms with van der Waals surface area (Å²) in [5.41, 5.74) is 2.79. The van der Waals surface area contributed by atoms with E-state index in [2.05, 4.69) is 5.32 Å². The van der Waals surface area contributed by atoms with Gasteiger partial charge >= 0.3 is 0 Å². The van der Waals surface area contributed by atoms with Crippen molar-refractivity contribution < 1.29 is 18.0 Å². The fourth-order valence-corrected chi connectivity index (χ4v) is 4.79. The zero-order valence-electron chi connectivity index (χ0n) is 22.0. The van der Waals surface area contributed by atoms with E-state index < -0.39 is 27.5 Å². The van der Waals surface area contributed by atoms with E-state index >= 15 is 0 Å². The Morgan fingerprint density at radius 1 is 1.00 bits per heavy atom. The van der Waals surface area contributed by atoms with Crippen LogP contribution in [0.2, 0.25) is 0 Å². The van der Waals surface area contributed by atoms with Crippen molar-refractivity contribution in [3.8, 4) is 0 Å². The van der Waals surface area contributed by atoms with E-state index in [0.29, 0.717) is 18.5 Å². The van der Waals surface area contributed by atoms with E-state index in [1.165, 1.54) is 4.90 Å². The van der Waals surface area contributed by atoms with Gasteiger partial charge in [-0.15, -0.1) is 0 Å². The number of anilines is 1. The van der Waals surface area contributed by atoms with Crippen molar-refractivity contribution in [2.75, 3.05) is 17.1 Å². The molecule has 0 saturated carbocycles. The largest absolute Gasteiger partial charge is 0.350 e. The van der Waals surface area contributed by atoms with Crippen LogP contribution in [0.25, 0.3) is 0 Å². The first-order valence-corrected chi connectivity index (χ1v) is 13.8. The highest BCUT2D eigenvalue weighted by molar-refractivity contribution is 7.92. The highest BCUT2D eigenvalue weighted by atomic mass is 32.2. The molecule has 2 rings (SSSR count). The molecule has 7 nitrogen and oxygen atoms in total. The molecule has 2 aromatic rings. The maximum Gasteiger partial charge on any atom is 0.244 e. The standard InChI is InChI=1S/C27H39N3O4S/c1-8-22-12-10-11-13-24(22)30(35(7,33)34)19-25(31)29(18-21-16-14-20(3)15-17-21)23(9-2)26(32)28-27(4,5)6/h10-17,23H,8-9,18-19H2,1-7H3,(H,28,32)/t23-/m0/s1. The summed E-state index contributed by atoms with van der Waals surface area (Å²) in [6.45, 7) is 11.2. The van der Waals surface area contributed by atoms with Gasteiger partial charge in [-0.3, -0.25) is 13.9 Å². The summed E-state index contributed by atoms with van der Waals surface area (Å²) < 4.78 is 26.7. The fourth-order valence-electron chi connectivity index (χ4n) is 3.91. The fraction of sp³-hybridized carbons (Fsp3) is 0.481.